The van der Waals surface area contributed by atoms with Crippen LogP contribution in [-0.2, 0) is 9.47 Å². The summed E-state index contributed by atoms with van der Waals surface area (Å²) >= 11 is 0. The van der Waals surface area contributed by atoms with E-state index in [0.717, 1.165) is 18.9 Å². The first-order valence-electron chi connectivity index (χ1n) is 7.37. The summed E-state index contributed by atoms with van der Waals surface area (Å²) in [5.74, 6) is 0.756. The first-order valence-corrected chi connectivity index (χ1v) is 7.37. The number of amides is 1. The molecule has 7 heteroatoms. The molecule has 0 aromatic rings. The number of nitrogens with one attached hydrogen (secondary N) is 3. The predicted molar refractivity (Wildman–Crippen MR) is 84.7 cm³/mol. The van der Waals surface area contributed by atoms with Gasteiger partial charge in [0.1, 0.15) is 5.60 Å². The minimum Gasteiger partial charge on any atom is -0.444 e. The lowest BCUT2D eigenvalue weighted by Crippen LogP contribution is -2.39. The number of guanidine groups is 1. The molecule has 0 spiro atoms. The van der Waals surface area contributed by atoms with Crippen molar-refractivity contribution >= 4 is 12.1 Å². The highest BCUT2D eigenvalue weighted by Crippen LogP contribution is 2.06. The molecule has 1 amide bonds. The minimum atomic E-state index is -0.467. The van der Waals surface area contributed by atoms with Crippen LogP contribution in [0.4, 0.5) is 4.79 Å². The zero-order valence-electron chi connectivity index (χ0n) is 13.9. The molecule has 0 radical (unpaired) electrons. The minimum absolute atomic E-state index is 0.392. The zero-order chi connectivity index (χ0) is 16.1. The fourth-order valence-electron chi connectivity index (χ4n) is 1.39. The van der Waals surface area contributed by atoms with Gasteiger partial charge in [-0.25, -0.2) is 4.79 Å². The molecule has 0 saturated carbocycles. The topological polar surface area (TPSA) is 84.0 Å². The highest BCUT2D eigenvalue weighted by atomic mass is 16.6. The SMILES string of the molecule is CCNC(=NCCCNC(=O)OC(C)(C)C)NCCOC. The Morgan fingerprint density at radius 2 is 1.86 bits per heavy atom. The number of carbonyl (C=O) groups is 1. The first kappa shape index (κ1) is 19.5. The first-order chi connectivity index (χ1) is 9.89. The lowest BCUT2D eigenvalue weighted by Gasteiger charge is -2.19. The lowest BCUT2D eigenvalue weighted by molar-refractivity contribution is 0.0527. The molecule has 3 N–H and O–H groups in total. The third-order valence-corrected chi connectivity index (χ3v) is 2.22. The van der Waals surface area contributed by atoms with E-state index in [0.29, 0.717) is 26.2 Å². The van der Waals surface area contributed by atoms with Crippen LogP contribution in [0.25, 0.3) is 0 Å². The summed E-state index contributed by atoms with van der Waals surface area (Å²) in [5, 5.41) is 9.00. The molecule has 0 saturated heterocycles. The van der Waals surface area contributed by atoms with Gasteiger partial charge in [-0.3, -0.25) is 4.99 Å². The largest absolute Gasteiger partial charge is 0.444 e. The average molecular weight is 302 g/mol. The molecule has 0 aromatic heterocycles. The van der Waals surface area contributed by atoms with E-state index in [1.54, 1.807) is 7.11 Å². The summed E-state index contributed by atoms with van der Waals surface area (Å²) in [6.45, 7) is 10.8. The number of ether oxygens (including phenoxy) is 2. The van der Waals surface area contributed by atoms with Crippen molar-refractivity contribution in [3.8, 4) is 0 Å². The number of rotatable bonds is 8. The maximum Gasteiger partial charge on any atom is 0.407 e. The van der Waals surface area contributed by atoms with Crippen LogP contribution in [0.1, 0.15) is 34.1 Å². The molecule has 0 aliphatic rings. The molecule has 0 aliphatic heterocycles. The van der Waals surface area contributed by atoms with E-state index in [-0.39, 0.29) is 0 Å². The summed E-state index contributed by atoms with van der Waals surface area (Å²) in [6.07, 6.45) is 0.358. The summed E-state index contributed by atoms with van der Waals surface area (Å²) in [7, 11) is 1.66. The molecule has 0 heterocycles. The van der Waals surface area contributed by atoms with E-state index in [9.17, 15) is 4.79 Å². The van der Waals surface area contributed by atoms with E-state index < -0.39 is 11.7 Å². The fourth-order valence-corrected chi connectivity index (χ4v) is 1.39. The number of methoxy groups -OCH3 is 1. The molecular weight excluding hydrogens is 272 g/mol. The van der Waals surface area contributed by atoms with Crippen LogP contribution in [0.2, 0.25) is 0 Å². The summed E-state index contributed by atoms with van der Waals surface area (Å²) in [6, 6.07) is 0. The molecule has 0 aliphatic carbocycles. The molecule has 0 rings (SSSR count). The van der Waals surface area contributed by atoms with E-state index in [4.69, 9.17) is 9.47 Å². The van der Waals surface area contributed by atoms with Gasteiger partial charge < -0.3 is 25.4 Å². The average Bonchev–Trinajstić information content (AvgIpc) is 2.36. The number of hydrogen-bond acceptors (Lipinski definition) is 4. The summed E-state index contributed by atoms with van der Waals surface area (Å²) < 4.78 is 10.1. The Hall–Kier alpha value is -1.50. The van der Waals surface area contributed by atoms with Gasteiger partial charge in [-0.15, -0.1) is 0 Å². The van der Waals surface area contributed by atoms with Gasteiger partial charge in [0.15, 0.2) is 5.96 Å². The van der Waals surface area contributed by atoms with Gasteiger partial charge in [0.2, 0.25) is 0 Å². The van der Waals surface area contributed by atoms with Crippen molar-refractivity contribution in [3.63, 3.8) is 0 Å². The Morgan fingerprint density at radius 3 is 2.43 bits per heavy atom. The molecule has 21 heavy (non-hydrogen) atoms. The van der Waals surface area contributed by atoms with Crippen molar-refractivity contribution < 1.29 is 14.3 Å². The molecule has 0 atom stereocenters. The Morgan fingerprint density at radius 1 is 1.14 bits per heavy atom. The van der Waals surface area contributed by atoms with Crippen LogP contribution in [0, 0.1) is 0 Å². The molecule has 124 valence electrons. The predicted octanol–water partition coefficient (Wildman–Crippen LogP) is 1.10. The van der Waals surface area contributed by atoms with Crippen LogP contribution in [0.5, 0.6) is 0 Å². The Labute approximate surface area is 127 Å². The third kappa shape index (κ3) is 13.2. The molecule has 0 unspecified atom stereocenters. The molecular formula is C14H30N4O3. The van der Waals surface area contributed by atoms with Gasteiger partial charge in [-0.2, -0.15) is 0 Å². The maximum atomic E-state index is 11.4. The molecule has 7 nitrogen and oxygen atoms in total. The monoisotopic (exact) mass is 302 g/mol. The van der Waals surface area contributed by atoms with Crippen LogP contribution >= 0.6 is 0 Å². The highest BCUT2D eigenvalue weighted by Gasteiger charge is 2.15. The summed E-state index contributed by atoms with van der Waals surface area (Å²) in [4.78, 5) is 15.8. The zero-order valence-corrected chi connectivity index (χ0v) is 13.9. The van der Waals surface area contributed by atoms with Crippen molar-refractivity contribution in [1.82, 2.24) is 16.0 Å². The van der Waals surface area contributed by atoms with Crippen LogP contribution in [0.15, 0.2) is 4.99 Å². The van der Waals surface area contributed by atoms with Gasteiger partial charge in [0.25, 0.3) is 0 Å². The fraction of sp³-hybridized carbons (Fsp3) is 0.857. The Balaban J connectivity index is 3.86. The van der Waals surface area contributed by atoms with Gasteiger partial charge >= 0.3 is 6.09 Å². The normalized spacial score (nSPS) is 12.0. The van der Waals surface area contributed by atoms with Crippen molar-refractivity contribution in [2.24, 2.45) is 4.99 Å². The molecule has 0 aromatic carbocycles. The van der Waals surface area contributed by atoms with E-state index >= 15 is 0 Å². The standard InChI is InChI=1S/C14H30N4O3/c1-6-15-12(17-10-11-20-5)16-8-7-9-18-13(19)21-14(2,3)4/h6-11H2,1-5H3,(H,18,19)(H2,15,16,17). The quantitative estimate of drug-likeness (QED) is 0.355. The molecule has 0 fully saturated rings. The number of nitrogens with zero attached hydrogens (tertiary/aromatic N) is 1. The van der Waals surface area contributed by atoms with Crippen LogP contribution in [-0.4, -0.2) is 57.5 Å². The van der Waals surface area contributed by atoms with E-state index in [1.165, 1.54) is 0 Å². The second kappa shape index (κ2) is 11.2. The van der Waals surface area contributed by atoms with E-state index in [2.05, 4.69) is 20.9 Å². The van der Waals surface area contributed by atoms with Gasteiger partial charge in [0.05, 0.1) is 6.61 Å². The highest BCUT2D eigenvalue weighted by molar-refractivity contribution is 5.79. The number of alkyl carbamates (subject to hydrolysis) is 1. The molecule has 0 bridgehead atoms. The number of carbonyl (C=O) groups excluding carboxylic acids is 1. The maximum absolute atomic E-state index is 11.4. The van der Waals surface area contributed by atoms with Crippen molar-refractivity contribution in [3.05, 3.63) is 0 Å². The van der Waals surface area contributed by atoms with Crippen molar-refractivity contribution in [2.75, 3.05) is 39.9 Å². The van der Waals surface area contributed by atoms with Gasteiger partial charge in [0, 0.05) is 33.3 Å². The lowest BCUT2D eigenvalue weighted by atomic mass is 10.2. The Bertz CT molecular complexity index is 314. The summed E-state index contributed by atoms with van der Waals surface area (Å²) in [5.41, 5.74) is -0.467. The smallest absolute Gasteiger partial charge is 0.407 e. The number of hydrogen-bond donors (Lipinski definition) is 3. The van der Waals surface area contributed by atoms with Gasteiger partial charge in [-0.1, -0.05) is 0 Å². The third-order valence-electron chi connectivity index (χ3n) is 2.22. The van der Waals surface area contributed by atoms with Crippen molar-refractivity contribution in [1.29, 1.82) is 0 Å². The van der Waals surface area contributed by atoms with Crippen molar-refractivity contribution in [2.45, 2.75) is 39.7 Å². The number of aliphatic imine (C=N–C) groups is 1. The second-order valence-electron chi connectivity index (χ2n) is 5.46. The Kier molecular flexibility index (Phi) is 10.4. The van der Waals surface area contributed by atoms with Crippen LogP contribution in [0.3, 0.4) is 0 Å². The van der Waals surface area contributed by atoms with E-state index in [1.807, 2.05) is 27.7 Å². The second-order valence-corrected chi connectivity index (χ2v) is 5.46. The van der Waals surface area contributed by atoms with Crippen LogP contribution < -0.4 is 16.0 Å². The van der Waals surface area contributed by atoms with Gasteiger partial charge in [-0.05, 0) is 34.1 Å².